The molecule has 3 rings (SSSR count). The SMILES string of the molecule is CC(O)(CCN1CCOCC1)c1ccc(Oc2ccccc2F)cc1. The average molecular weight is 345 g/mol. The molecule has 0 spiro atoms. The number of benzene rings is 2. The molecule has 1 heterocycles. The van der Waals surface area contributed by atoms with Gasteiger partial charge in [0, 0.05) is 19.6 Å². The van der Waals surface area contributed by atoms with Crippen molar-refractivity contribution in [2.75, 3.05) is 32.8 Å². The maximum absolute atomic E-state index is 13.6. The van der Waals surface area contributed by atoms with Gasteiger partial charge in [0.25, 0.3) is 0 Å². The summed E-state index contributed by atoms with van der Waals surface area (Å²) in [5, 5.41) is 10.8. The predicted octanol–water partition coefficient (Wildman–Crippen LogP) is 3.55. The molecule has 2 aromatic rings. The first-order valence-corrected chi connectivity index (χ1v) is 8.60. The van der Waals surface area contributed by atoms with Gasteiger partial charge in [0.1, 0.15) is 5.75 Å². The van der Waals surface area contributed by atoms with Crippen molar-refractivity contribution in [2.45, 2.75) is 18.9 Å². The third-order valence-electron chi connectivity index (χ3n) is 4.56. The molecule has 0 saturated carbocycles. The van der Waals surface area contributed by atoms with Crippen molar-refractivity contribution in [2.24, 2.45) is 0 Å². The summed E-state index contributed by atoms with van der Waals surface area (Å²) in [5.41, 5.74) is -0.101. The Morgan fingerprint density at radius 1 is 1.12 bits per heavy atom. The Morgan fingerprint density at radius 3 is 2.48 bits per heavy atom. The number of rotatable bonds is 6. The summed E-state index contributed by atoms with van der Waals surface area (Å²) in [5.74, 6) is 0.330. The monoisotopic (exact) mass is 345 g/mol. The number of halogens is 1. The van der Waals surface area contributed by atoms with Gasteiger partial charge in [-0.1, -0.05) is 24.3 Å². The van der Waals surface area contributed by atoms with E-state index in [2.05, 4.69) is 4.90 Å². The largest absolute Gasteiger partial charge is 0.454 e. The van der Waals surface area contributed by atoms with Crippen molar-refractivity contribution in [3.63, 3.8) is 0 Å². The van der Waals surface area contributed by atoms with Crippen molar-refractivity contribution >= 4 is 0 Å². The number of ether oxygens (including phenoxy) is 2. The Hall–Kier alpha value is -1.95. The summed E-state index contributed by atoms with van der Waals surface area (Å²) in [6.45, 7) is 5.97. The predicted molar refractivity (Wildman–Crippen MR) is 94.4 cm³/mol. The summed E-state index contributed by atoms with van der Waals surface area (Å²) in [7, 11) is 0. The van der Waals surface area contributed by atoms with E-state index < -0.39 is 11.4 Å². The molecule has 1 aliphatic heterocycles. The topological polar surface area (TPSA) is 41.9 Å². The number of nitrogens with zero attached hydrogens (tertiary/aromatic N) is 1. The van der Waals surface area contributed by atoms with Crippen LogP contribution in [0, 0.1) is 5.82 Å². The van der Waals surface area contributed by atoms with Crippen LogP contribution in [0.25, 0.3) is 0 Å². The Kier molecular flexibility index (Phi) is 5.68. The number of aliphatic hydroxyl groups is 1. The van der Waals surface area contributed by atoms with Crippen LogP contribution in [0.2, 0.25) is 0 Å². The van der Waals surface area contributed by atoms with Gasteiger partial charge in [0.15, 0.2) is 11.6 Å². The van der Waals surface area contributed by atoms with Crippen LogP contribution in [0.15, 0.2) is 48.5 Å². The lowest BCUT2D eigenvalue weighted by Gasteiger charge is -2.31. The smallest absolute Gasteiger partial charge is 0.165 e. The molecule has 2 aromatic carbocycles. The lowest BCUT2D eigenvalue weighted by Crippen LogP contribution is -2.39. The highest BCUT2D eigenvalue weighted by Gasteiger charge is 2.24. The normalized spacial score (nSPS) is 17.9. The van der Waals surface area contributed by atoms with Crippen molar-refractivity contribution in [1.29, 1.82) is 0 Å². The summed E-state index contributed by atoms with van der Waals surface area (Å²) in [6.07, 6.45) is 0.639. The molecule has 0 aliphatic carbocycles. The molecule has 25 heavy (non-hydrogen) atoms. The number of hydrogen-bond acceptors (Lipinski definition) is 4. The molecule has 1 fully saturated rings. The molecular weight excluding hydrogens is 321 g/mol. The van der Waals surface area contributed by atoms with E-state index in [-0.39, 0.29) is 5.75 Å². The fourth-order valence-corrected chi connectivity index (χ4v) is 2.88. The van der Waals surface area contributed by atoms with E-state index in [1.807, 2.05) is 19.1 Å². The van der Waals surface area contributed by atoms with E-state index in [4.69, 9.17) is 9.47 Å². The Balaban J connectivity index is 1.61. The van der Waals surface area contributed by atoms with Crippen LogP contribution in [0.1, 0.15) is 18.9 Å². The van der Waals surface area contributed by atoms with Gasteiger partial charge in [-0.05, 0) is 43.2 Å². The molecular formula is C20H24FNO3. The van der Waals surface area contributed by atoms with Gasteiger partial charge in [-0.2, -0.15) is 0 Å². The Labute approximate surface area is 147 Å². The minimum absolute atomic E-state index is 0.189. The van der Waals surface area contributed by atoms with Crippen molar-refractivity contribution in [3.8, 4) is 11.5 Å². The standard InChI is InChI=1S/C20H24FNO3/c1-20(23,10-11-22-12-14-24-15-13-22)16-6-8-17(9-7-16)25-19-5-3-2-4-18(19)21/h2-9,23H,10-15H2,1H3. The molecule has 0 aromatic heterocycles. The van der Waals surface area contributed by atoms with Crippen LogP contribution in [0.4, 0.5) is 4.39 Å². The second kappa shape index (κ2) is 7.95. The molecule has 5 heteroatoms. The molecule has 1 aliphatic rings. The average Bonchev–Trinajstić information content (AvgIpc) is 2.63. The molecule has 4 nitrogen and oxygen atoms in total. The first-order valence-electron chi connectivity index (χ1n) is 8.60. The van der Waals surface area contributed by atoms with Gasteiger partial charge in [-0.25, -0.2) is 4.39 Å². The van der Waals surface area contributed by atoms with Crippen LogP contribution < -0.4 is 4.74 Å². The van der Waals surface area contributed by atoms with Crippen LogP contribution in [0.3, 0.4) is 0 Å². The highest BCUT2D eigenvalue weighted by molar-refractivity contribution is 5.35. The quantitative estimate of drug-likeness (QED) is 0.869. The van der Waals surface area contributed by atoms with Gasteiger partial charge in [-0.3, -0.25) is 4.90 Å². The van der Waals surface area contributed by atoms with Gasteiger partial charge < -0.3 is 14.6 Å². The van der Waals surface area contributed by atoms with E-state index in [1.165, 1.54) is 6.07 Å². The highest BCUT2D eigenvalue weighted by atomic mass is 19.1. The summed E-state index contributed by atoms with van der Waals surface area (Å²) >= 11 is 0. The lowest BCUT2D eigenvalue weighted by atomic mass is 9.92. The zero-order valence-electron chi connectivity index (χ0n) is 14.5. The van der Waals surface area contributed by atoms with Crippen LogP contribution >= 0.6 is 0 Å². The van der Waals surface area contributed by atoms with Crippen molar-refractivity contribution in [1.82, 2.24) is 4.90 Å². The highest BCUT2D eigenvalue weighted by Crippen LogP contribution is 2.29. The van der Waals surface area contributed by atoms with Gasteiger partial charge in [-0.15, -0.1) is 0 Å². The zero-order valence-corrected chi connectivity index (χ0v) is 14.5. The Morgan fingerprint density at radius 2 is 1.80 bits per heavy atom. The molecule has 0 bridgehead atoms. The van der Waals surface area contributed by atoms with Crippen LogP contribution in [-0.2, 0) is 10.3 Å². The summed E-state index contributed by atoms with van der Waals surface area (Å²) in [6, 6.07) is 13.5. The number of para-hydroxylation sites is 1. The van der Waals surface area contributed by atoms with Crippen LogP contribution in [0.5, 0.6) is 11.5 Å². The van der Waals surface area contributed by atoms with E-state index in [0.29, 0.717) is 12.2 Å². The van der Waals surface area contributed by atoms with E-state index in [0.717, 1.165) is 38.4 Å². The van der Waals surface area contributed by atoms with E-state index in [9.17, 15) is 9.50 Å². The van der Waals surface area contributed by atoms with Gasteiger partial charge in [0.05, 0.1) is 18.8 Å². The maximum Gasteiger partial charge on any atom is 0.165 e. The minimum atomic E-state index is -0.922. The molecule has 0 amide bonds. The molecule has 1 N–H and O–H groups in total. The maximum atomic E-state index is 13.6. The fourth-order valence-electron chi connectivity index (χ4n) is 2.88. The number of hydrogen-bond donors (Lipinski definition) is 1. The van der Waals surface area contributed by atoms with E-state index >= 15 is 0 Å². The van der Waals surface area contributed by atoms with Crippen molar-refractivity contribution < 1.29 is 19.0 Å². The molecule has 1 atom stereocenters. The first-order chi connectivity index (χ1) is 12.0. The van der Waals surface area contributed by atoms with Gasteiger partial charge in [0.2, 0.25) is 0 Å². The van der Waals surface area contributed by atoms with Crippen LogP contribution in [-0.4, -0.2) is 42.9 Å². The summed E-state index contributed by atoms with van der Waals surface area (Å²) < 4.78 is 24.5. The van der Waals surface area contributed by atoms with Gasteiger partial charge >= 0.3 is 0 Å². The van der Waals surface area contributed by atoms with E-state index in [1.54, 1.807) is 30.3 Å². The lowest BCUT2D eigenvalue weighted by molar-refractivity contribution is 0.00548. The fraction of sp³-hybridized carbons (Fsp3) is 0.400. The molecule has 0 radical (unpaired) electrons. The zero-order chi connectivity index (χ0) is 17.7. The third-order valence-corrected chi connectivity index (χ3v) is 4.56. The first kappa shape index (κ1) is 17.9. The third kappa shape index (κ3) is 4.78. The second-order valence-corrected chi connectivity index (χ2v) is 6.53. The Bertz CT molecular complexity index is 682. The molecule has 1 saturated heterocycles. The number of morpholine rings is 1. The second-order valence-electron chi connectivity index (χ2n) is 6.53. The minimum Gasteiger partial charge on any atom is -0.454 e. The summed E-state index contributed by atoms with van der Waals surface area (Å²) in [4.78, 5) is 2.30. The molecule has 134 valence electrons. The van der Waals surface area contributed by atoms with Crippen molar-refractivity contribution in [3.05, 3.63) is 59.9 Å². The molecule has 1 unspecified atom stereocenters.